The molecular weight excluding hydrogens is 223 g/mol. The smallest absolute Gasteiger partial charge is 0.324 e. The summed E-state index contributed by atoms with van der Waals surface area (Å²) in [6, 6.07) is 0. The molecule has 0 aliphatic rings. The summed E-state index contributed by atoms with van der Waals surface area (Å²) >= 11 is 0. The number of allylic oxidation sites excluding steroid dienone is 7. The Labute approximate surface area is 96.4 Å². The molecule has 0 spiro atoms. The van der Waals surface area contributed by atoms with Gasteiger partial charge in [0.05, 0.1) is 6.16 Å². The van der Waals surface area contributed by atoms with E-state index in [1.54, 1.807) is 18.2 Å². The Bertz CT molecular complexity index is 366. The molecule has 0 aliphatic heterocycles. The van der Waals surface area contributed by atoms with Crippen LogP contribution in [0.15, 0.2) is 54.3 Å². The zero-order valence-corrected chi connectivity index (χ0v) is 10.2. The Kier molecular flexibility index (Phi) is 8.51. The molecule has 0 radical (unpaired) electrons. The van der Waals surface area contributed by atoms with Gasteiger partial charge in [-0.15, -0.1) is 5.73 Å². The number of hydrogen-bond acceptors (Lipinski definition) is 1. The van der Waals surface area contributed by atoms with Crippen LogP contribution in [0.25, 0.3) is 0 Å². The van der Waals surface area contributed by atoms with Crippen LogP contribution in [0.3, 0.4) is 0 Å². The van der Waals surface area contributed by atoms with Crippen LogP contribution in [-0.4, -0.2) is 15.9 Å². The second-order valence-corrected chi connectivity index (χ2v) is 4.68. The van der Waals surface area contributed by atoms with E-state index in [1.807, 2.05) is 31.2 Å². The van der Waals surface area contributed by atoms with Crippen molar-refractivity contribution in [1.29, 1.82) is 0 Å². The average molecular weight is 240 g/mol. The molecule has 0 aromatic heterocycles. The van der Waals surface area contributed by atoms with Crippen molar-refractivity contribution in [3.05, 3.63) is 54.3 Å². The van der Waals surface area contributed by atoms with Gasteiger partial charge in [-0.3, -0.25) is 4.57 Å². The van der Waals surface area contributed by atoms with Crippen LogP contribution >= 0.6 is 7.60 Å². The Morgan fingerprint density at radius 1 is 1.12 bits per heavy atom. The van der Waals surface area contributed by atoms with Crippen LogP contribution < -0.4 is 0 Å². The highest BCUT2D eigenvalue weighted by Gasteiger charge is 2.07. The van der Waals surface area contributed by atoms with Gasteiger partial charge in [0.1, 0.15) is 0 Å². The second kappa shape index (κ2) is 9.14. The largest absolute Gasteiger partial charge is 0.329 e. The van der Waals surface area contributed by atoms with Crippen LogP contribution in [0.2, 0.25) is 0 Å². The summed E-state index contributed by atoms with van der Waals surface area (Å²) < 4.78 is 10.5. The predicted molar refractivity (Wildman–Crippen MR) is 67.3 cm³/mol. The van der Waals surface area contributed by atoms with Gasteiger partial charge in [-0.2, -0.15) is 0 Å². The standard InChI is InChI=1S/C12H17O3P/c1-2-3-4-5-6-7-8-9-10-11-12-16(13,14)15/h2,4,6-11H,5,12H2,1H3,(H2,13,14,15)/b7-6+,9-8+,11-10+. The van der Waals surface area contributed by atoms with E-state index in [0.717, 1.165) is 6.42 Å². The SMILES string of the molecule is CC=C=CC/C=C/C=C/C=C/CP(=O)(O)O. The summed E-state index contributed by atoms with van der Waals surface area (Å²) in [5.41, 5.74) is 2.95. The van der Waals surface area contributed by atoms with Gasteiger partial charge in [-0.1, -0.05) is 36.5 Å². The van der Waals surface area contributed by atoms with Crippen molar-refractivity contribution >= 4 is 7.60 Å². The molecule has 0 amide bonds. The lowest BCUT2D eigenvalue weighted by Gasteiger charge is -1.95. The molecule has 0 aromatic carbocycles. The lowest BCUT2D eigenvalue weighted by molar-refractivity contribution is 0.377. The Morgan fingerprint density at radius 2 is 1.75 bits per heavy atom. The van der Waals surface area contributed by atoms with E-state index < -0.39 is 7.60 Å². The van der Waals surface area contributed by atoms with Crippen LogP contribution in [0.4, 0.5) is 0 Å². The zero-order chi connectivity index (χ0) is 12.3. The highest BCUT2D eigenvalue weighted by atomic mass is 31.2. The molecule has 0 aliphatic carbocycles. The minimum atomic E-state index is -3.90. The van der Waals surface area contributed by atoms with Gasteiger partial charge in [0.2, 0.25) is 0 Å². The molecule has 0 saturated carbocycles. The van der Waals surface area contributed by atoms with E-state index in [9.17, 15) is 4.57 Å². The molecule has 16 heavy (non-hydrogen) atoms. The molecule has 0 saturated heterocycles. The van der Waals surface area contributed by atoms with E-state index in [0.29, 0.717) is 0 Å². The van der Waals surface area contributed by atoms with Crippen LogP contribution in [0.1, 0.15) is 13.3 Å². The molecule has 0 unspecified atom stereocenters. The highest BCUT2D eigenvalue weighted by Crippen LogP contribution is 2.33. The predicted octanol–water partition coefficient (Wildman–Crippen LogP) is 2.95. The fourth-order valence-electron chi connectivity index (χ4n) is 0.816. The Balaban J connectivity index is 3.77. The van der Waals surface area contributed by atoms with Crippen molar-refractivity contribution in [3.63, 3.8) is 0 Å². The molecule has 0 atom stereocenters. The first-order valence-corrected chi connectivity index (χ1v) is 6.74. The van der Waals surface area contributed by atoms with Crippen molar-refractivity contribution in [1.82, 2.24) is 0 Å². The minimum absolute atomic E-state index is 0.217. The molecule has 88 valence electrons. The van der Waals surface area contributed by atoms with Crippen LogP contribution in [0.5, 0.6) is 0 Å². The maximum absolute atomic E-state index is 10.5. The van der Waals surface area contributed by atoms with Crippen molar-refractivity contribution in [3.8, 4) is 0 Å². The second-order valence-electron chi connectivity index (χ2n) is 2.98. The van der Waals surface area contributed by atoms with Gasteiger partial charge < -0.3 is 9.79 Å². The number of rotatable bonds is 6. The summed E-state index contributed by atoms with van der Waals surface area (Å²) in [5.74, 6) is 0. The van der Waals surface area contributed by atoms with E-state index in [4.69, 9.17) is 9.79 Å². The normalized spacial score (nSPS) is 12.4. The fraction of sp³-hybridized carbons (Fsp3) is 0.250. The third-order valence-electron chi connectivity index (χ3n) is 1.49. The molecule has 3 nitrogen and oxygen atoms in total. The first kappa shape index (κ1) is 14.9. The summed E-state index contributed by atoms with van der Waals surface area (Å²) in [4.78, 5) is 17.1. The van der Waals surface area contributed by atoms with Gasteiger partial charge in [0.15, 0.2) is 0 Å². The van der Waals surface area contributed by atoms with Crippen molar-refractivity contribution < 1.29 is 14.4 Å². The zero-order valence-electron chi connectivity index (χ0n) is 9.28. The van der Waals surface area contributed by atoms with Gasteiger partial charge in [0, 0.05) is 0 Å². The molecule has 0 heterocycles. The van der Waals surface area contributed by atoms with Crippen molar-refractivity contribution in [2.75, 3.05) is 6.16 Å². The highest BCUT2D eigenvalue weighted by molar-refractivity contribution is 7.51. The molecule has 0 fully saturated rings. The van der Waals surface area contributed by atoms with E-state index in [-0.39, 0.29) is 6.16 Å². The van der Waals surface area contributed by atoms with Crippen LogP contribution in [0, 0.1) is 0 Å². The summed E-state index contributed by atoms with van der Waals surface area (Å²) in [6.45, 7) is 1.91. The van der Waals surface area contributed by atoms with Gasteiger partial charge in [-0.25, -0.2) is 0 Å². The van der Waals surface area contributed by atoms with E-state index >= 15 is 0 Å². The number of hydrogen-bond donors (Lipinski definition) is 2. The average Bonchev–Trinajstić information content (AvgIpc) is 2.19. The lowest BCUT2D eigenvalue weighted by Crippen LogP contribution is -1.80. The fourth-order valence-corrected chi connectivity index (χ4v) is 1.21. The summed E-state index contributed by atoms with van der Waals surface area (Å²) in [5, 5.41) is 0. The van der Waals surface area contributed by atoms with Gasteiger partial charge in [-0.05, 0) is 25.5 Å². The summed E-state index contributed by atoms with van der Waals surface area (Å²) in [7, 11) is -3.90. The molecule has 2 N–H and O–H groups in total. The third kappa shape index (κ3) is 12.9. The Morgan fingerprint density at radius 3 is 2.31 bits per heavy atom. The van der Waals surface area contributed by atoms with Crippen molar-refractivity contribution in [2.45, 2.75) is 13.3 Å². The Hall–Kier alpha value is -1.11. The lowest BCUT2D eigenvalue weighted by atomic mass is 10.3. The monoisotopic (exact) mass is 240 g/mol. The van der Waals surface area contributed by atoms with E-state index in [1.165, 1.54) is 6.08 Å². The molecule has 4 heteroatoms. The topological polar surface area (TPSA) is 57.5 Å². The maximum Gasteiger partial charge on any atom is 0.329 e. The van der Waals surface area contributed by atoms with E-state index in [2.05, 4.69) is 5.73 Å². The van der Waals surface area contributed by atoms with Gasteiger partial charge >= 0.3 is 7.60 Å². The van der Waals surface area contributed by atoms with Crippen LogP contribution in [-0.2, 0) is 4.57 Å². The quantitative estimate of drug-likeness (QED) is 0.426. The molecule has 0 bridgehead atoms. The molecular formula is C12H17O3P. The van der Waals surface area contributed by atoms with Gasteiger partial charge in [0.25, 0.3) is 0 Å². The van der Waals surface area contributed by atoms with Crippen molar-refractivity contribution in [2.24, 2.45) is 0 Å². The maximum atomic E-state index is 10.5. The minimum Gasteiger partial charge on any atom is -0.324 e. The third-order valence-corrected chi connectivity index (χ3v) is 2.17. The molecule has 0 rings (SSSR count). The first-order valence-electron chi connectivity index (χ1n) is 4.94. The molecule has 0 aromatic rings. The first-order chi connectivity index (χ1) is 7.56. The summed E-state index contributed by atoms with van der Waals surface area (Å²) in [6.07, 6.45) is 14.8.